The quantitative estimate of drug-likeness (QED) is 0.122. The molecule has 0 N–H and O–H groups in total. The van der Waals surface area contributed by atoms with Crippen LogP contribution in [-0.2, 0) is 12.0 Å². The van der Waals surface area contributed by atoms with Gasteiger partial charge in [-0.2, -0.15) is 0 Å². The van der Waals surface area contributed by atoms with Gasteiger partial charge in [-0.15, -0.1) is 0 Å². The summed E-state index contributed by atoms with van der Waals surface area (Å²) in [4.78, 5) is 27.8. The number of halogens is 2. The van der Waals surface area contributed by atoms with Gasteiger partial charge in [-0.25, -0.2) is 0 Å². The van der Waals surface area contributed by atoms with Crippen LogP contribution in [0.3, 0.4) is 0 Å². The van der Waals surface area contributed by atoms with Crippen LogP contribution in [0.5, 0.6) is 0 Å². The summed E-state index contributed by atoms with van der Waals surface area (Å²) in [5, 5.41) is 4.55. The Balaban J connectivity index is 1.84. The van der Waals surface area contributed by atoms with E-state index < -0.39 is 0 Å². The maximum atomic E-state index is 13.9. The average Bonchev–Trinajstić information content (AvgIpc) is 2.88. The van der Waals surface area contributed by atoms with E-state index in [1.54, 1.807) is 0 Å². The van der Waals surface area contributed by atoms with Gasteiger partial charge < -0.3 is 4.42 Å². The van der Waals surface area contributed by atoms with Crippen molar-refractivity contribution >= 4 is 75.3 Å². The van der Waals surface area contributed by atoms with E-state index in [1.165, 1.54) is 10.1 Å². The molecule has 40 heavy (non-hydrogen) atoms. The molecule has 0 aliphatic carbocycles. The molecule has 0 spiro atoms. The van der Waals surface area contributed by atoms with E-state index in [0.29, 0.717) is 38.7 Å². The first-order valence-corrected chi connectivity index (χ1v) is 16.0. The van der Waals surface area contributed by atoms with E-state index in [4.69, 9.17) is 4.42 Å². The van der Waals surface area contributed by atoms with Crippen molar-refractivity contribution in [2.75, 3.05) is 0 Å². The number of benzene rings is 3. The molecule has 212 valence electrons. The number of pyridine rings is 1. The predicted molar refractivity (Wildman–Crippen MR) is 176 cm³/mol. The molecule has 5 rings (SSSR count). The molecule has 0 fully saturated rings. The zero-order valence-electron chi connectivity index (χ0n) is 24.6. The summed E-state index contributed by atoms with van der Waals surface area (Å²) in [6.07, 6.45) is 5.16. The second-order valence-electron chi connectivity index (χ2n) is 13.3. The Morgan fingerprint density at radius 1 is 0.850 bits per heavy atom. The van der Waals surface area contributed by atoms with Crippen LogP contribution >= 0.6 is 31.9 Å². The Bertz CT molecular complexity index is 1820. The molecule has 4 nitrogen and oxygen atoms in total. The smallest absolute Gasteiger partial charge is 0.261 e. The van der Waals surface area contributed by atoms with Crippen molar-refractivity contribution < 1.29 is 4.42 Å². The number of unbranched alkanes of at least 4 members (excludes halogenated alkanes) is 1. The van der Waals surface area contributed by atoms with Gasteiger partial charge in [-0.1, -0.05) is 89.7 Å². The summed E-state index contributed by atoms with van der Waals surface area (Å²) >= 11 is 7.55. The Labute approximate surface area is 252 Å². The lowest BCUT2D eigenvalue weighted by molar-refractivity contribution is 0.284. The summed E-state index contributed by atoms with van der Waals surface area (Å²) in [7, 11) is 0. The van der Waals surface area contributed by atoms with Gasteiger partial charge in [-0.3, -0.25) is 14.2 Å². The highest BCUT2D eigenvalue weighted by Gasteiger charge is 2.29. The summed E-state index contributed by atoms with van der Waals surface area (Å²) in [6.45, 7) is 16.1. The summed E-state index contributed by atoms with van der Waals surface area (Å²) in [6, 6.07) is 10.2. The molecule has 2 aromatic heterocycles. The van der Waals surface area contributed by atoms with Gasteiger partial charge in [0, 0.05) is 37.9 Å². The summed E-state index contributed by atoms with van der Waals surface area (Å²) < 4.78 is 9.51. The van der Waals surface area contributed by atoms with E-state index in [9.17, 15) is 9.59 Å². The number of hydrogen-bond donors (Lipinski definition) is 0. The Kier molecular flexibility index (Phi) is 7.76. The minimum Gasteiger partial charge on any atom is -0.455 e. The summed E-state index contributed by atoms with van der Waals surface area (Å²) in [5.41, 5.74) is 2.33. The van der Waals surface area contributed by atoms with Crippen molar-refractivity contribution in [3.8, 4) is 0 Å². The molecule has 6 heteroatoms. The number of aromatic nitrogens is 1. The van der Waals surface area contributed by atoms with Crippen LogP contribution in [0.4, 0.5) is 0 Å². The number of rotatable bonds is 8. The highest BCUT2D eigenvalue weighted by atomic mass is 79.9. The van der Waals surface area contributed by atoms with Gasteiger partial charge in [0.25, 0.3) is 11.1 Å². The summed E-state index contributed by atoms with van der Waals surface area (Å²) in [5.74, 6) is 0.291. The number of fused-ring (bicyclic) bond motifs is 2. The predicted octanol–water partition coefficient (Wildman–Crippen LogP) is 10.3. The maximum Gasteiger partial charge on any atom is 0.261 e. The topological polar surface area (TPSA) is 52.2 Å². The Morgan fingerprint density at radius 3 is 2.10 bits per heavy atom. The first-order valence-electron chi connectivity index (χ1n) is 14.4. The van der Waals surface area contributed by atoms with Crippen LogP contribution in [0.25, 0.3) is 43.5 Å². The molecular formula is C34H39Br2NO3. The fraction of sp³-hybridized carbons (Fsp3) is 0.471. The molecule has 5 aromatic rings. The van der Waals surface area contributed by atoms with Crippen LogP contribution in [-0.4, -0.2) is 4.57 Å². The fourth-order valence-corrected chi connectivity index (χ4v) is 7.89. The van der Waals surface area contributed by atoms with Crippen molar-refractivity contribution in [3.63, 3.8) is 0 Å². The zero-order chi connectivity index (χ0) is 29.1. The number of nitrogens with zero attached hydrogens (tertiary/aromatic N) is 1. The van der Waals surface area contributed by atoms with E-state index >= 15 is 0 Å². The van der Waals surface area contributed by atoms with Crippen molar-refractivity contribution in [1.82, 2.24) is 4.57 Å². The van der Waals surface area contributed by atoms with Gasteiger partial charge in [0.05, 0.1) is 9.86 Å². The second-order valence-corrected chi connectivity index (χ2v) is 15.0. The molecule has 0 aliphatic rings. The molecule has 0 radical (unpaired) electrons. The van der Waals surface area contributed by atoms with Crippen LogP contribution in [0, 0.1) is 11.3 Å². The first-order chi connectivity index (χ1) is 18.8. The molecule has 3 aromatic carbocycles. The normalized spacial score (nSPS) is 13.8. The lowest BCUT2D eigenvalue weighted by Gasteiger charge is -2.33. The van der Waals surface area contributed by atoms with E-state index in [1.807, 2.05) is 12.1 Å². The zero-order valence-corrected chi connectivity index (χ0v) is 27.8. The molecule has 1 unspecified atom stereocenters. The van der Waals surface area contributed by atoms with E-state index in [0.717, 1.165) is 58.3 Å². The molecule has 2 heterocycles. The minimum absolute atomic E-state index is 0.0486. The van der Waals surface area contributed by atoms with Crippen LogP contribution in [0.15, 0.2) is 53.3 Å². The Morgan fingerprint density at radius 2 is 1.50 bits per heavy atom. The molecule has 0 saturated carbocycles. The highest BCUT2D eigenvalue weighted by Crippen LogP contribution is 2.45. The lowest BCUT2D eigenvalue weighted by atomic mass is 9.72. The van der Waals surface area contributed by atoms with E-state index in [-0.39, 0.29) is 21.9 Å². The van der Waals surface area contributed by atoms with Gasteiger partial charge >= 0.3 is 0 Å². The standard InChI is InChI=1S/C34H39Br2NO3/c1-8-10-11-19(9-2)17-37-31(38)22-15-24(35)28-21-14-20(34(6,7)18-33(3,4)5)12-13-26(21)40-30-25(36)16-23(32(37)39)27(22)29(28)30/h12-16,19H,8-11,17-18H2,1-7H3. The van der Waals surface area contributed by atoms with Gasteiger partial charge in [0.1, 0.15) is 11.2 Å². The minimum atomic E-state index is -0.223. The lowest BCUT2D eigenvalue weighted by Crippen LogP contribution is -2.35. The SMILES string of the molecule is CCCCC(CC)Cn1c(=O)c2cc(Br)c3oc4ccc(C(C)(C)CC(C)(C)C)cc4c4c(Br)cc(c1=O)c2c34. The van der Waals surface area contributed by atoms with Crippen LogP contribution in [0.2, 0.25) is 0 Å². The fourth-order valence-electron chi connectivity index (χ4n) is 6.74. The van der Waals surface area contributed by atoms with Gasteiger partial charge in [0.2, 0.25) is 0 Å². The molecule has 0 amide bonds. The molecule has 0 aliphatic heterocycles. The van der Waals surface area contributed by atoms with Crippen LogP contribution < -0.4 is 11.1 Å². The van der Waals surface area contributed by atoms with Crippen molar-refractivity contribution in [2.45, 2.75) is 92.5 Å². The third-order valence-corrected chi connectivity index (χ3v) is 9.63. The molecular weight excluding hydrogens is 630 g/mol. The largest absolute Gasteiger partial charge is 0.455 e. The van der Waals surface area contributed by atoms with Gasteiger partial charge in [-0.05, 0) is 75.3 Å². The monoisotopic (exact) mass is 667 g/mol. The van der Waals surface area contributed by atoms with Gasteiger partial charge in [0.15, 0.2) is 0 Å². The molecule has 0 bridgehead atoms. The van der Waals surface area contributed by atoms with Crippen molar-refractivity contribution in [3.05, 3.63) is 65.5 Å². The average molecular weight is 669 g/mol. The van der Waals surface area contributed by atoms with E-state index in [2.05, 4.69) is 98.5 Å². The highest BCUT2D eigenvalue weighted by molar-refractivity contribution is 9.11. The molecule has 0 saturated heterocycles. The molecule has 1 atom stereocenters. The van der Waals surface area contributed by atoms with Crippen molar-refractivity contribution in [1.29, 1.82) is 0 Å². The Hall–Kier alpha value is -2.18. The second kappa shape index (κ2) is 10.6. The number of hydrogen-bond acceptors (Lipinski definition) is 3. The third-order valence-electron chi connectivity index (χ3n) is 8.41. The maximum absolute atomic E-state index is 13.9. The van der Waals surface area contributed by atoms with Crippen molar-refractivity contribution in [2.24, 2.45) is 11.3 Å². The third kappa shape index (κ3) is 5.04. The first kappa shape index (κ1) is 29.3. The van der Waals surface area contributed by atoms with Crippen LogP contribution in [0.1, 0.15) is 86.1 Å².